The molecule has 1 heterocycles. The lowest BCUT2D eigenvalue weighted by atomic mass is 9.99. The van der Waals surface area contributed by atoms with Crippen molar-refractivity contribution in [1.82, 2.24) is 4.90 Å². The molecule has 0 aromatic heterocycles. The second-order valence-electron chi connectivity index (χ2n) is 5.09. The number of rotatable bonds is 5. The van der Waals surface area contributed by atoms with E-state index in [1.807, 2.05) is 6.07 Å². The topological polar surface area (TPSA) is 23.5 Å². The van der Waals surface area contributed by atoms with E-state index in [2.05, 4.69) is 41.3 Å². The van der Waals surface area contributed by atoms with Crippen LogP contribution in [0.4, 0.5) is 0 Å². The van der Waals surface area contributed by atoms with Gasteiger partial charge in [0.25, 0.3) is 0 Å². The van der Waals surface area contributed by atoms with Crippen LogP contribution < -0.4 is 0 Å². The Labute approximate surface area is 110 Å². The Morgan fingerprint density at radius 3 is 2.89 bits per heavy atom. The molecule has 98 valence electrons. The van der Waals surface area contributed by atoms with E-state index in [-0.39, 0.29) is 0 Å². The Kier molecular flexibility index (Phi) is 5.43. The Morgan fingerprint density at radius 1 is 1.28 bits per heavy atom. The lowest BCUT2D eigenvalue weighted by Crippen LogP contribution is -2.37. The standard InChI is InChI=1S/C16H23NO/c18-14-16-10-6-12-17(13-16)11-5-4-9-15-7-2-1-3-8-15/h1-4,7-9,16,18H,5-6,10-14H2/b9-4+/t16-/m0/s1. The maximum Gasteiger partial charge on any atom is 0.0471 e. The average molecular weight is 245 g/mol. The summed E-state index contributed by atoms with van der Waals surface area (Å²) in [5.74, 6) is 0.497. The molecular weight excluding hydrogens is 222 g/mol. The molecule has 0 saturated carbocycles. The molecule has 1 fully saturated rings. The van der Waals surface area contributed by atoms with Gasteiger partial charge in [-0.3, -0.25) is 0 Å². The third-order valence-electron chi connectivity index (χ3n) is 3.58. The number of benzene rings is 1. The molecule has 0 amide bonds. The van der Waals surface area contributed by atoms with Gasteiger partial charge < -0.3 is 10.0 Å². The van der Waals surface area contributed by atoms with Gasteiger partial charge in [-0.05, 0) is 37.3 Å². The summed E-state index contributed by atoms with van der Waals surface area (Å²) in [6, 6.07) is 10.4. The summed E-state index contributed by atoms with van der Waals surface area (Å²) in [4.78, 5) is 2.47. The molecule has 0 unspecified atom stereocenters. The molecule has 2 rings (SSSR count). The van der Waals surface area contributed by atoms with Crippen molar-refractivity contribution in [3.05, 3.63) is 42.0 Å². The summed E-state index contributed by atoms with van der Waals surface area (Å²) >= 11 is 0. The number of aliphatic hydroxyl groups is 1. The molecule has 1 saturated heterocycles. The minimum atomic E-state index is 0.344. The molecule has 0 bridgehead atoms. The van der Waals surface area contributed by atoms with E-state index >= 15 is 0 Å². The summed E-state index contributed by atoms with van der Waals surface area (Å²) in [5, 5.41) is 9.19. The third-order valence-corrected chi connectivity index (χ3v) is 3.58. The van der Waals surface area contributed by atoms with Crippen LogP contribution in [0, 0.1) is 5.92 Å². The van der Waals surface area contributed by atoms with Gasteiger partial charge in [0.2, 0.25) is 0 Å². The molecule has 2 nitrogen and oxygen atoms in total. The second-order valence-corrected chi connectivity index (χ2v) is 5.09. The minimum absolute atomic E-state index is 0.344. The predicted molar refractivity (Wildman–Crippen MR) is 76.3 cm³/mol. The highest BCUT2D eigenvalue weighted by atomic mass is 16.3. The molecule has 2 heteroatoms. The zero-order chi connectivity index (χ0) is 12.6. The van der Waals surface area contributed by atoms with Crippen LogP contribution >= 0.6 is 0 Å². The van der Waals surface area contributed by atoms with Crippen LogP contribution in [0.3, 0.4) is 0 Å². The Morgan fingerprint density at radius 2 is 2.11 bits per heavy atom. The van der Waals surface area contributed by atoms with Crippen LogP contribution in [0.5, 0.6) is 0 Å². The summed E-state index contributed by atoms with van der Waals surface area (Å²) in [6.07, 6.45) is 7.94. The molecule has 1 aliphatic rings. The van der Waals surface area contributed by atoms with Gasteiger partial charge in [0.05, 0.1) is 0 Å². The maximum absolute atomic E-state index is 9.19. The number of hydrogen-bond acceptors (Lipinski definition) is 2. The monoisotopic (exact) mass is 245 g/mol. The number of aliphatic hydroxyl groups excluding tert-OH is 1. The molecule has 0 radical (unpaired) electrons. The number of hydrogen-bond donors (Lipinski definition) is 1. The first-order valence-electron chi connectivity index (χ1n) is 6.93. The van der Waals surface area contributed by atoms with E-state index in [0.717, 1.165) is 19.5 Å². The Bertz CT molecular complexity index is 361. The third kappa shape index (κ3) is 4.28. The van der Waals surface area contributed by atoms with Crippen LogP contribution in [0.15, 0.2) is 36.4 Å². The first-order chi connectivity index (χ1) is 8.88. The molecule has 0 aliphatic carbocycles. The molecule has 18 heavy (non-hydrogen) atoms. The number of nitrogens with zero attached hydrogens (tertiary/aromatic N) is 1. The van der Waals surface area contributed by atoms with Gasteiger partial charge >= 0.3 is 0 Å². The van der Waals surface area contributed by atoms with Crippen LogP contribution in [0.2, 0.25) is 0 Å². The SMILES string of the molecule is OC[C@H]1CCCN(CC/C=C/c2ccccc2)C1. The van der Waals surface area contributed by atoms with E-state index < -0.39 is 0 Å². The molecule has 1 atom stereocenters. The van der Waals surface area contributed by atoms with Crippen molar-refractivity contribution in [1.29, 1.82) is 0 Å². The molecular formula is C16H23NO. The van der Waals surface area contributed by atoms with E-state index in [0.29, 0.717) is 12.5 Å². The normalized spacial score (nSPS) is 21.5. The van der Waals surface area contributed by atoms with E-state index in [4.69, 9.17) is 0 Å². The number of piperidine rings is 1. The fourth-order valence-corrected chi connectivity index (χ4v) is 2.54. The smallest absolute Gasteiger partial charge is 0.0471 e. The van der Waals surface area contributed by atoms with Crippen LogP contribution in [-0.2, 0) is 0 Å². The summed E-state index contributed by atoms with van der Waals surface area (Å²) in [7, 11) is 0. The average Bonchev–Trinajstić information content (AvgIpc) is 2.45. The first kappa shape index (κ1) is 13.3. The van der Waals surface area contributed by atoms with Crippen molar-refractivity contribution < 1.29 is 5.11 Å². The fourth-order valence-electron chi connectivity index (χ4n) is 2.54. The van der Waals surface area contributed by atoms with Crippen molar-refractivity contribution in [2.75, 3.05) is 26.2 Å². The van der Waals surface area contributed by atoms with E-state index in [1.165, 1.54) is 24.9 Å². The lowest BCUT2D eigenvalue weighted by Gasteiger charge is -2.31. The lowest BCUT2D eigenvalue weighted by molar-refractivity contribution is 0.122. The maximum atomic E-state index is 9.19. The molecule has 1 N–H and O–H groups in total. The molecule has 1 aliphatic heterocycles. The van der Waals surface area contributed by atoms with Crippen LogP contribution in [-0.4, -0.2) is 36.2 Å². The highest BCUT2D eigenvalue weighted by Gasteiger charge is 2.17. The van der Waals surface area contributed by atoms with Crippen molar-refractivity contribution >= 4 is 6.08 Å². The molecule has 0 spiro atoms. The predicted octanol–water partition coefficient (Wildman–Crippen LogP) is 2.79. The zero-order valence-electron chi connectivity index (χ0n) is 11.0. The highest BCUT2D eigenvalue weighted by Crippen LogP contribution is 2.15. The Balaban J connectivity index is 1.70. The van der Waals surface area contributed by atoms with Crippen LogP contribution in [0.25, 0.3) is 6.08 Å². The fraction of sp³-hybridized carbons (Fsp3) is 0.500. The minimum Gasteiger partial charge on any atom is -0.396 e. The van der Waals surface area contributed by atoms with Crippen molar-refractivity contribution in [3.63, 3.8) is 0 Å². The Hall–Kier alpha value is -1.12. The van der Waals surface area contributed by atoms with Gasteiger partial charge in [-0.15, -0.1) is 0 Å². The van der Waals surface area contributed by atoms with Gasteiger partial charge in [0, 0.05) is 19.7 Å². The molecule has 1 aromatic carbocycles. The van der Waals surface area contributed by atoms with Gasteiger partial charge in [0.1, 0.15) is 0 Å². The van der Waals surface area contributed by atoms with Gasteiger partial charge in [-0.2, -0.15) is 0 Å². The summed E-state index contributed by atoms with van der Waals surface area (Å²) < 4.78 is 0. The largest absolute Gasteiger partial charge is 0.396 e. The van der Waals surface area contributed by atoms with Crippen molar-refractivity contribution in [2.45, 2.75) is 19.3 Å². The van der Waals surface area contributed by atoms with Crippen molar-refractivity contribution in [2.24, 2.45) is 5.92 Å². The van der Waals surface area contributed by atoms with Crippen molar-refractivity contribution in [3.8, 4) is 0 Å². The number of likely N-dealkylation sites (tertiary alicyclic amines) is 1. The zero-order valence-corrected chi connectivity index (χ0v) is 11.0. The summed E-state index contributed by atoms with van der Waals surface area (Å²) in [6.45, 7) is 3.71. The van der Waals surface area contributed by atoms with Gasteiger partial charge in [-0.25, -0.2) is 0 Å². The van der Waals surface area contributed by atoms with E-state index in [1.54, 1.807) is 0 Å². The highest BCUT2D eigenvalue weighted by molar-refractivity contribution is 5.48. The molecule has 1 aromatic rings. The quantitative estimate of drug-likeness (QED) is 0.862. The second kappa shape index (κ2) is 7.34. The van der Waals surface area contributed by atoms with Gasteiger partial charge in [-0.1, -0.05) is 42.5 Å². The van der Waals surface area contributed by atoms with Gasteiger partial charge in [0.15, 0.2) is 0 Å². The van der Waals surface area contributed by atoms with E-state index in [9.17, 15) is 5.11 Å². The summed E-state index contributed by atoms with van der Waals surface area (Å²) in [5.41, 5.74) is 1.27. The van der Waals surface area contributed by atoms with Crippen LogP contribution in [0.1, 0.15) is 24.8 Å². The first-order valence-corrected chi connectivity index (χ1v) is 6.93.